The Balaban J connectivity index is 2.44. The second-order valence-corrected chi connectivity index (χ2v) is 5.28. The van der Waals surface area contributed by atoms with Gasteiger partial charge in [-0.1, -0.05) is 12.1 Å². The standard InChI is InChI=1S/C16H16ClNO3/c1-10-6-12(3)16(15(7-10)18(19)20)21-14-5-4-13(9-17)11(2)8-14/h4-8H,9H2,1-3H3. The van der Waals surface area contributed by atoms with E-state index in [2.05, 4.69) is 0 Å². The number of nitrogens with zero attached hydrogens (tertiary/aromatic N) is 1. The number of aryl methyl sites for hydroxylation is 3. The molecule has 0 unspecified atom stereocenters. The van der Waals surface area contributed by atoms with Crippen molar-refractivity contribution in [3.05, 3.63) is 62.7 Å². The third-order valence-electron chi connectivity index (χ3n) is 3.27. The van der Waals surface area contributed by atoms with E-state index in [4.69, 9.17) is 16.3 Å². The van der Waals surface area contributed by atoms with E-state index in [0.29, 0.717) is 11.6 Å². The van der Waals surface area contributed by atoms with Gasteiger partial charge in [0.15, 0.2) is 0 Å². The SMILES string of the molecule is Cc1cc(C)c(Oc2ccc(CCl)c(C)c2)c([N+](=O)[O-])c1. The van der Waals surface area contributed by atoms with Crippen LogP contribution >= 0.6 is 11.6 Å². The minimum absolute atomic E-state index is 0.0217. The maximum Gasteiger partial charge on any atom is 0.312 e. The van der Waals surface area contributed by atoms with Crippen LogP contribution in [0.4, 0.5) is 5.69 Å². The zero-order chi connectivity index (χ0) is 15.6. The summed E-state index contributed by atoms with van der Waals surface area (Å²) in [6.45, 7) is 5.56. The molecule has 0 spiro atoms. The highest BCUT2D eigenvalue weighted by Crippen LogP contribution is 2.36. The maximum absolute atomic E-state index is 11.2. The van der Waals surface area contributed by atoms with Gasteiger partial charge in [-0.25, -0.2) is 0 Å². The molecular formula is C16H16ClNO3. The zero-order valence-corrected chi connectivity index (χ0v) is 12.9. The van der Waals surface area contributed by atoms with Crippen LogP contribution in [-0.2, 0) is 5.88 Å². The third-order valence-corrected chi connectivity index (χ3v) is 3.56. The molecule has 0 fully saturated rings. The summed E-state index contributed by atoms with van der Waals surface area (Å²) in [5.74, 6) is 1.27. The fourth-order valence-corrected chi connectivity index (χ4v) is 2.50. The fraction of sp³-hybridized carbons (Fsp3) is 0.250. The number of ether oxygens (including phenoxy) is 1. The zero-order valence-electron chi connectivity index (χ0n) is 12.1. The first kappa shape index (κ1) is 15.3. The molecule has 0 aliphatic heterocycles. The Morgan fingerprint density at radius 2 is 1.86 bits per heavy atom. The van der Waals surface area contributed by atoms with E-state index in [1.54, 1.807) is 13.0 Å². The Kier molecular flexibility index (Phi) is 4.48. The predicted molar refractivity (Wildman–Crippen MR) is 83.4 cm³/mol. The van der Waals surface area contributed by atoms with Crippen molar-refractivity contribution >= 4 is 17.3 Å². The highest BCUT2D eigenvalue weighted by Gasteiger charge is 2.19. The Morgan fingerprint density at radius 1 is 1.14 bits per heavy atom. The molecule has 110 valence electrons. The van der Waals surface area contributed by atoms with Crippen LogP contribution in [0.2, 0.25) is 0 Å². The normalized spacial score (nSPS) is 10.5. The van der Waals surface area contributed by atoms with Crippen LogP contribution in [0.25, 0.3) is 0 Å². The molecule has 0 aliphatic carbocycles. The van der Waals surface area contributed by atoms with E-state index in [0.717, 1.165) is 22.3 Å². The van der Waals surface area contributed by atoms with E-state index in [1.807, 2.05) is 32.0 Å². The van der Waals surface area contributed by atoms with Crippen molar-refractivity contribution < 1.29 is 9.66 Å². The number of hydrogen-bond donors (Lipinski definition) is 0. The average Bonchev–Trinajstić information content (AvgIpc) is 2.41. The van der Waals surface area contributed by atoms with Crippen LogP contribution in [0.1, 0.15) is 22.3 Å². The van der Waals surface area contributed by atoms with Gasteiger partial charge in [0.2, 0.25) is 5.75 Å². The van der Waals surface area contributed by atoms with Crippen molar-refractivity contribution in [2.45, 2.75) is 26.7 Å². The lowest BCUT2D eigenvalue weighted by Gasteiger charge is -2.11. The quantitative estimate of drug-likeness (QED) is 0.451. The lowest BCUT2D eigenvalue weighted by molar-refractivity contribution is -0.385. The van der Waals surface area contributed by atoms with Gasteiger partial charge >= 0.3 is 5.69 Å². The minimum atomic E-state index is -0.421. The molecule has 0 amide bonds. The first-order chi connectivity index (χ1) is 9.92. The van der Waals surface area contributed by atoms with Crippen LogP contribution in [0.15, 0.2) is 30.3 Å². The summed E-state index contributed by atoms with van der Waals surface area (Å²) in [4.78, 5) is 10.8. The Labute approximate surface area is 128 Å². The summed E-state index contributed by atoms with van der Waals surface area (Å²) in [5, 5.41) is 11.2. The monoisotopic (exact) mass is 305 g/mol. The molecule has 5 heteroatoms. The maximum atomic E-state index is 11.2. The number of benzene rings is 2. The molecule has 0 saturated heterocycles. The molecule has 21 heavy (non-hydrogen) atoms. The van der Waals surface area contributed by atoms with Crippen LogP contribution < -0.4 is 4.74 Å². The Hall–Kier alpha value is -2.07. The van der Waals surface area contributed by atoms with Gasteiger partial charge in [0.1, 0.15) is 5.75 Å². The molecule has 0 saturated carbocycles. The van der Waals surface area contributed by atoms with Crippen molar-refractivity contribution in [3.63, 3.8) is 0 Å². The van der Waals surface area contributed by atoms with E-state index in [1.165, 1.54) is 6.07 Å². The van der Waals surface area contributed by atoms with Crippen molar-refractivity contribution in [2.75, 3.05) is 0 Å². The second-order valence-electron chi connectivity index (χ2n) is 5.01. The second kappa shape index (κ2) is 6.14. The largest absolute Gasteiger partial charge is 0.450 e. The molecule has 0 bridgehead atoms. The van der Waals surface area contributed by atoms with E-state index in [-0.39, 0.29) is 11.4 Å². The molecule has 0 N–H and O–H groups in total. The summed E-state index contributed by atoms with van der Waals surface area (Å²) in [5.41, 5.74) is 3.56. The number of rotatable bonds is 4. The highest BCUT2D eigenvalue weighted by atomic mass is 35.5. The van der Waals surface area contributed by atoms with Gasteiger partial charge in [-0.15, -0.1) is 11.6 Å². The minimum Gasteiger partial charge on any atom is -0.450 e. The molecule has 0 heterocycles. The molecule has 0 aliphatic rings. The van der Waals surface area contributed by atoms with E-state index >= 15 is 0 Å². The van der Waals surface area contributed by atoms with Crippen molar-refractivity contribution in [1.82, 2.24) is 0 Å². The summed E-state index contributed by atoms with van der Waals surface area (Å²) in [7, 11) is 0. The number of nitro benzene ring substituents is 1. The van der Waals surface area contributed by atoms with E-state index < -0.39 is 4.92 Å². The van der Waals surface area contributed by atoms with Gasteiger partial charge in [0.05, 0.1) is 4.92 Å². The third kappa shape index (κ3) is 3.34. The summed E-state index contributed by atoms with van der Waals surface area (Å²) in [6, 6.07) is 8.85. The molecule has 2 aromatic rings. The van der Waals surface area contributed by atoms with Crippen molar-refractivity contribution in [3.8, 4) is 11.5 Å². The predicted octanol–water partition coefficient (Wildman–Crippen LogP) is 5.05. The molecule has 2 aromatic carbocycles. The van der Waals surface area contributed by atoms with Gasteiger partial charge in [-0.3, -0.25) is 10.1 Å². The molecule has 2 rings (SSSR count). The summed E-state index contributed by atoms with van der Waals surface area (Å²) in [6.07, 6.45) is 0. The first-order valence-electron chi connectivity index (χ1n) is 6.51. The lowest BCUT2D eigenvalue weighted by Crippen LogP contribution is -1.97. The lowest BCUT2D eigenvalue weighted by atomic mass is 10.1. The molecule has 0 atom stereocenters. The van der Waals surface area contributed by atoms with Crippen molar-refractivity contribution in [2.24, 2.45) is 0 Å². The van der Waals surface area contributed by atoms with Crippen LogP contribution in [0.3, 0.4) is 0 Å². The molecular weight excluding hydrogens is 290 g/mol. The number of hydrogen-bond acceptors (Lipinski definition) is 3. The van der Waals surface area contributed by atoms with Gasteiger partial charge in [-0.05, 0) is 55.2 Å². The van der Waals surface area contributed by atoms with Gasteiger partial charge in [0.25, 0.3) is 0 Å². The van der Waals surface area contributed by atoms with Gasteiger partial charge in [-0.2, -0.15) is 0 Å². The Morgan fingerprint density at radius 3 is 2.43 bits per heavy atom. The van der Waals surface area contributed by atoms with Crippen LogP contribution in [0.5, 0.6) is 11.5 Å². The number of alkyl halides is 1. The molecule has 4 nitrogen and oxygen atoms in total. The smallest absolute Gasteiger partial charge is 0.312 e. The highest BCUT2D eigenvalue weighted by molar-refractivity contribution is 6.17. The first-order valence-corrected chi connectivity index (χ1v) is 7.05. The molecule has 0 radical (unpaired) electrons. The van der Waals surface area contributed by atoms with Crippen molar-refractivity contribution in [1.29, 1.82) is 0 Å². The Bertz CT molecular complexity index is 698. The molecule has 0 aromatic heterocycles. The van der Waals surface area contributed by atoms with E-state index in [9.17, 15) is 10.1 Å². The van der Waals surface area contributed by atoms with Crippen LogP contribution in [-0.4, -0.2) is 4.92 Å². The average molecular weight is 306 g/mol. The fourth-order valence-electron chi connectivity index (χ4n) is 2.20. The number of halogens is 1. The number of nitro groups is 1. The summed E-state index contributed by atoms with van der Waals surface area (Å²) >= 11 is 5.82. The van der Waals surface area contributed by atoms with Crippen LogP contribution in [0, 0.1) is 30.9 Å². The van der Waals surface area contributed by atoms with Gasteiger partial charge < -0.3 is 4.74 Å². The topological polar surface area (TPSA) is 52.4 Å². The summed E-state index contributed by atoms with van der Waals surface area (Å²) < 4.78 is 5.75. The van der Waals surface area contributed by atoms with Gasteiger partial charge in [0, 0.05) is 11.9 Å².